The summed E-state index contributed by atoms with van der Waals surface area (Å²) in [5.41, 5.74) is 1.42. The fraction of sp³-hybridized carbons (Fsp3) is 0.375. The van der Waals surface area contributed by atoms with Crippen LogP contribution in [0.5, 0.6) is 0 Å². The second-order valence-corrected chi connectivity index (χ2v) is 9.99. The van der Waals surface area contributed by atoms with Crippen LogP contribution in [0.25, 0.3) is 0 Å². The standard InChI is InChI=1S/C24H23Cl3FN3O3/c1-24(16-7-17(25)23(27)18(26)8-16)10-20(31-34-24)14-4-5-19(28)15(6-14)12-30-22(33)9-21(32)29-11-13-2-3-13/h4-8,13H,2-3,9-12H2,1H3,(H,29,32)(H,30,33). The average Bonchev–Trinajstić information content (AvgIpc) is 3.54. The predicted octanol–water partition coefficient (Wildman–Crippen LogP) is 5.36. The van der Waals surface area contributed by atoms with Crippen molar-refractivity contribution in [1.82, 2.24) is 10.6 Å². The summed E-state index contributed by atoms with van der Waals surface area (Å²) in [5, 5.41) is 10.4. The monoisotopic (exact) mass is 525 g/mol. The van der Waals surface area contributed by atoms with Crippen molar-refractivity contribution in [2.75, 3.05) is 6.54 Å². The molecule has 2 aliphatic rings. The maximum atomic E-state index is 14.4. The van der Waals surface area contributed by atoms with E-state index in [4.69, 9.17) is 39.6 Å². The second kappa shape index (κ2) is 10.1. The molecule has 10 heteroatoms. The van der Waals surface area contributed by atoms with Gasteiger partial charge in [0.05, 0.1) is 20.8 Å². The van der Waals surface area contributed by atoms with Gasteiger partial charge in [-0.25, -0.2) is 4.39 Å². The Bertz CT molecular complexity index is 1150. The Kier molecular flexibility index (Phi) is 7.36. The highest BCUT2D eigenvalue weighted by Gasteiger charge is 2.37. The van der Waals surface area contributed by atoms with E-state index in [9.17, 15) is 14.0 Å². The summed E-state index contributed by atoms with van der Waals surface area (Å²) in [6.45, 7) is 2.39. The molecule has 1 aliphatic carbocycles. The molecule has 1 aliphatic heterocycles. The number of hydrogen-bond acceptors (Lipinski definition) is 4. The molecule has 1 atom stereocenters. The average molecular weight is 527 g/mol. The molecule has 1 saturated carbocycles. The molecule has 34 heavy (non-hydrogen) atoms. The van der Waals surface area contributed by atoms with Gasteiger partial charge in [-0.05, 0) is 49.9 Å². The minimum absolute atomic E-state index is 0.0534. The summed E-state index contributed by atoms with van der Waals surface area (Å²) in [5.74, 6) is -0.746. The van der Waals surface area contributed by atoms with Gasteiger partial charge in [-0.15, -0.1) is 0 Å². The summed E-state index contributed by atoms with van der Waals surface area (Å²) in [6, 6.07) is 7.88. The number of halogens is 4. The maximum Gasteiger partial charge on any atom is 0.229 e. The van der Waals surface area contributed by atoms with Crippen LogP contribution in [0.15, 0.2) is 35.5 Å². The van der Waals surface area contributed by atoms with Crippen LogP contribution >= 0.6 is 34.8 Å². The lowest BCUT2D eigenvalue weighted by molar-refractivity contribution is -0.129. The van der Waals surface area contributed by atoms with Crippen LogP contribution in [0.2, 0.25) is 15.1 Å². The number of amides is 2. The Morgan fingerprint density at radius 2 is 1.79 bits per heavy atom. The van der Waals surface area contributed by atoms with Crippen molar-refractivity contribution in [2.45, 2.75) is 44.8 Å². The number of hydrogen-bond donors (Lipinski definition) is 2. The smallest absolute Gasteiger partial charge is 0.229 e. The van der Waals surface area contributed by atoms with Crippen molar-refractivity contribution in [3.63, 3.8) is 0 Å². The van der Waals surface area contributed by atoms with Crippen LogP contribution in [0.1, 0.15) is 49.3 Å². The van der Waals surface area contributed by atoms with Crippen molar-refractivity contribution in [3.8, 4) is 0 Å². The summed E-state index contributed by atoms with van der Waals surface area (Å²) in [7, 11) is 0. The van der Waals surface area contributed by atoms with E-state index in [0.717, 1.165) is 12.8 Å². The molecule has 1 unspecified atom stereocenters. The topological polar surface area (TPSA) is 79.8 Å². The van der Waals surface area contributed by atoms with E-state index in [-0.39, 0.29) is 29.5 Å². The molecule has 4 rings (SSSR count). The van der Waals surface area contributed by atoms with Gasteiger partial charge in [0.1, 0.15) is 12.2 Å². The first-order valence-corrected chi connectivity index (χ1v) is 12.0. The van der Waals surface area contributed by atoms with Crippen molar-refractivity contribution in [1.29, 1.82) is 0 Å². The molecule has 2 aromatic carbocycles. The van der Waals surface area contributed by atoms with E-state index >= 15 is 0 Å². The number of rotatable bonds is 8. The molecule has 6 nitrogen and oxygen atoms in total. The third kappa shape index (κ3) is 5.82. The molecule has 180 valence electrons. The zero-order valence-electron chi connectivity index (χ0n) is 18.4. The molecule has 0 saturated heterocycles. The van der Waals surface area contributed by atoms with Gasteiger partial charge in [0, 0.05) is 36.2 Å². The minimum Gasteiger partial charge on any atom is -0.384 e. The van der Waals surface area contributed by atoms with Gasteiger partial charge in [0.25, 0.3) is 0 Å². The molecule has 0 radical (unpaired) electrons. The van der Waals surface area contributed by atoms with E-state index in [1.165, 1.54) is 6.07 Å². The fourth-order valence-electron chi connectivity index (χ4n) is 3.64. The normalized spacial score (nSPS) is 19.4. The molecule has 2 amide bonds. The Balaban J connectivity index is 1.39. The summed E-state index contributed by atoms with van der Waals surface area (Å²) >= 11 is 18.4. The molecule has 1 heterocycles. The number of nitrogens with one attached hydrogen (secondary N) is 2. The number of carbonyl (C=O) groups is 2. The van der Waals surface area contributed by atoms with Crippen molar-refractivity contribution >= 4 is 52.3 Å². The number of carbonyl (C=O) groups excluding carboxylic acids is 2. The van der Waals surface area contributed by atoms with Gasteiger partial charge in [0.15, 0.2) is 5.60 Å². The summed E-state index contributed by atoms with van der Waals surface area (Å²) < 4.78 is 14.4. The molecule has 2 aromatic rings. The first-order chi connectivity index (χ1) is 16.1. The Hall–Kier alpha value is -2.35. The largest absolute Gasteiger partial charge is 0.384 e. The van der Waals surface area contributed by atoms with Crippen molar-refractivity contribution in [2.24, 2.45) is 11.1 Å². The third-order valence-corrected chi connectivity index (χ3v) is 7.11. The minimum atomic E-state index is -0.830. The fourth-order valence-corrected chi connectivity index (χ4v) is 4.24. The Morgan fingerprint density at radius 3 is 2.47 bits per heavy atom. The lowest BCUT2D eigenvalue weighted by Crippen LogP contribution is -2.32. The van der Waals surface area contributed by atoms with Gasteiger partial charge in [-0.1, -0.05) is 46.0 Å². The highest BCUT2D eigenvalue weighted by molar-refractivity contribution is 6.48. The predicted molar refractivity (Wildman–Crippen MR) is 130 cm³/mol. The van der Waals surface area contributed by atoms with Crippen LogP contribution in [0.4, 0.5) is 4.39 Å². The summed E-state index contributed by atoms with van der Waals surface area (Å²) in [6.07, 6.45) is 2.32. The Labute approximate surface area is 211 Å². The van der Waals surface area contributed by atoms with Crippen LogP contribution in [0.3, 0.4) is 0 Å². The highest BCUT2D eigenvalue weighted by Crippen LogP contribution is 2.41. The van der Waals surface area contributed by atoms with Crippen molar-refractivity contribution < 1.29 is 18.8 Å². The first kappa shape index (κ1) is 24.8. The van der Waals surface area contributed by atoms with Gasteiger partial charge in [0.2, 0.25) is 11.8 Å². The van der Waals surface area contributed by atoms with E-state index in [1.807, 2.05) is 6.92 Å². The number of benzene rings is 2. The zero-order chi connectivity index (χ0) is 24.5. The van der Waals surface area contributed by atoms with E-state index in [1.54, 1.807) is 24.3 Å². The lowest BCUT2D eigenvalue weighted by atomic mass is 9.89. The molecule has 2 N–H and O–H groups in total. The molecular weight excluding hydrogens is 504 g/mol. The first-order valence-electron chi connectivity index (χ1n) is 10.9. The third-order valence-electron chi connectivity index (χ3n) is 5.92. The van der Waals surface area contributed by atoms with E-state index in [2.05, 4.69) is 15.8 Å². The van der Waals surface area contributed by atoms with E-state index in [0.29, 0.717) is 45.8 Å². The molecule has 1 fully saturated rings. The van der Waals surface area contributed by atoms with Crippen LogP contribution in [0, 0.1) is 11.7 Å². The molecule has 0 aromatic heterocycles. The number of nitrogens with zero attached hydrogens (tertiary/aromatic N) is 1. The Morgan fingerprint density at radius 1 is 1.12 bits per heavy atom. The van der Waals surface area contributed by atoms with Gasteiger partial charge >= 0.3 is 0 Å². The van der Waals surface area contributed by atoms with Gasteiger partial charge in [-0.2, -0.15) is 0 Å². The van der Waals surface area contributed by atoms with Crippen molar-refractivity contribution in [3.05, 3.63) is 67.9 Å². The van der Waals surface area contributed by atoms with E-state index < -0.39 is 17.3 Å². The summed E-state index contributed by atoms with van der Waals surface area (Å²) in [4.78, 5) is 29.6. The quantitative estimate of drug-likeness (QED) is 0.359. The van der Waals surface area contributed by atoms with Crippen LogP contribution in [-0.4, -0.2) is 24.1 Å². The zero-order valence-corrected chi connectivity index (χ0v) is 20.7. The lowest BCUT2D eigenvalue weighted by Gasteiger charge is -2.22. The molecular formula is C24H23Cl3FN3O3. The molecule has 0 bridgehead atoms. The SMILES string of the molecule is CC1(c2cc(Cl)c(Cl)c(Cl)c2)CC(c2ccc(F)c(CNC(=O)CC(=O)NCC3CC3)c2)=NO1. The maximum absolute atomic E-state index is 14.4. The van der Waals surface area contributed by atoms with Crippen LogP contribution in [-0.2, 0) is 26.6 Å². The highest BCUT2D eigenvalue weighted by atomic mass is 35.5. The number of oxime groups is 1. The van der Waals surface area contributed by atoms with Gasteiger partial charge < -0.3 is 15.5 Å². The van der Waals surface area contributed by atoms with Gasteiger partial charge in [-0.3, -0.25) is 9.59 Å². The second-order valence-electron chi connectivity index (χ2n) is 8.80. The van der Waals surface area contributed by atoms with Crippen LogP contribution < -0.4 is 10.6 Å². The molecule has 0 spiro atoms.